The molecule has 0 saturated carbocycles. The number of methoxy groups -OCH3 is 1. The zero-order chi connectivity index (χ0) is 37.5. The number of ether oxygens (including phenoxy) is 2. The molecule has 3 unspecified atom stereocenters. The lowest BCUT2D eigenvalue weighted by Gasteiger charge is -2.47. The average Bonchev–Trinajstić information content (AvgIpc) is 3.02. The number of amides is 3. The van der Waals surface area contributed by atoms with E-state index in [-0.39, 0.29) is 37.2 Å². The molecule has 0 radical (unpaired) electrons. The minimum atomic E-state index is -1.26. The molecule has 3 amide bonds. The Labute approximate surface area is 288 Å². The van der Waals surface area contributed by atoms with Crippen molar-refractivity contribution in [3.8, 4) is 5.75 Å². The van der Waals surface area contributed by atoms with E-state index in [4.69, 9.17) is 31.2 Å². The fourth-order valence-corrected chi connectivity index (χ4v) is 4.97. The van der Waals surface area contributed by atoms with Crippen molar-refractivity contribution in [3.63, 3.8) is 0 Å². The Morgan fingerprint density at radius 1 is 1.06 bits per heavy atom. The van der Waals surface area contributed by atoms with Crippen LogP contribution in [-0.4, -0.2) is 114 Å². The smallest absolute Gasteiger partial charge is 0.328 e. The van der Waals surface area contributed by atoms with Crippen LogP contribution in [0.15, 0.2) is 36.4 Å². The second kappa shape index (κ2) is 19.8. The summed E-state index contributed by atoms with van der Waals surface area (Å²) in [6, 6.07) is 6.82. The first-order valence-corrected chi connectivity index (χ1v) is 16.2. The number of benzene rings is 1. The minimum Gasteiger partial charge on any atom is -0.491 e. The van der Waals surface area contributed by atoms with Gasteiger partial charge in [0, 0.05) is 70.4 Å². The molecule has 276 valence electrons. The lowest BCUT2D eigenvalue weighted by molar-refractivity contribution is -0.134. The van der Waals surface area contributed by atoms with Crippen LogP contribution >= 0.6 is 0 Å². The molecule has 2 rings (SSSR count). The summed E-state index contributed by atoms with van der Waals surface area (Å²) in [4.78, 5) is 61.1. The van der Waals surface area contributed by atoms with E-state index in [1.54, 1.807) is 25.9 Å². The summed E-state index contributed by atoms with van der Waals surface area (Å²) in [5.41, 5.74) is 10.8. The van der Waals surface area contributed by atoms with Crippen LogP contribution < -0.4 is 26.4 Å². The van der Waals surface area contributed by atoms with Crippen LogP contribution in [0.1, 0.15) is 54.4 Å². The molecule has 49 heavy (non-hydrogen) atoms. The number of aliphatic carboxylic acids is 2. The number of piperazine rings is 1. The Hall–Kier alpha value is -4.05. The van der Waals surface area contributed by atoms with Crippen molar-refractivity contribution >= 4 is 35.3 Å². The topological polar surface area (TPSA) is 235 Å². The van der Waals surface area contributed by atoms with E-state index in [0.29, 0.717) is 44.2 Å². The number of nitrogens with one attached hydrogen (secondary N) is 1. The van der Waals surface area contributed by atoms with E-state index in [1.165, 1.54) is 0 Å². The van der Waals surface area contributed by atoms with Gasteiger partial charge < -0.3 is 46.5 Å². The largest absolute Gasteiger partial charge is 0.491 e. The number of hydrogen-bond donors (Lipinski definition) is 6. The number of aliphatic hydroxyl groups excluding tert-OH is 1. The zero-order valence-electron chi connectivity index (χ0n) is 29.7. The third kappa shape index (κ3) is 13.8. The Bertz CT molecular complexity index is 1280. The maximum Gasteiger partial charge on any atom is 0.328 e. The van der Waals surface area contributed by atoms with Crippen LogP contribution in [0.5, 0.6) is 5.75 Å². The molecule has 1 aliphatic rings. The molecular weight excluding hydrogens is 638 g/mol. The van der Waals surface area contributed by atoms with Gasteiger partial charge in [-0.15, -0.1) is 0 Å². The second-order valence-corrected chi connectivity index (χ2v) is 13.4. The lowest BCUT2D eigenvalue weighted by atomic mass is 9.86. The predicted molar refractivity (Wildman–Crippen MR) is 184 cm³/mol. The molecule has 0 bridgehead atoms. The molecule has 1 aromatic rings. The fourth-order valence-electron chi connectivity index (χ4n) is 4.97. The minimum absolute atomic E-state index is 0.0631. The highest BCUT2D eigenvalue weighted by molar-refractivity contribution is 6.01. The van der Waals surface area contributed by atoms with Gasteiger partial charge in [0.05, 0.1) is 29.4 Å². The maximum atomic E-state index is 13.7. The SMILES string of the molecule is COCCCOc1ccccc1N1CCN(CC(N)C(O)CC(C(=O)NCC(C)(C)C(N)=O)C(C)C)C(C)(C)C1=O.O=C(O)/C=C/C(=O)O. The Kier molecular flexibility index (Phi) is 17.4. The van der Waals surface area contributed by atoms with Gasteiger partial charge in [-0.1, -0.05) is 26.0 Å². The zero-order valence-corrected chi connectivity index (χ0v) is 29.7. The van der Waals surface area contributed by atoms with Gasteiger partial charge in [0.15, 0.2) is 0 Å². The lowest BCUT2D eigenvalue weighted by Crippen LogP contribution is -2.65. The van der Waals surface area contributed by atoms with E-state index >= 15 is 0 Å². The van der Waals surface area contributed by atoms with Crippen molar-refractivity contribution in [3.05, 3.63) is 36.4 Å². The highest BCUT2D eigenvalue weighted by Crippen LogP contribution is 2.34. The van der Waals surface area contributed by atoms with Crippen molar-refractivity contribution in [1.29, 1.82) is 0 Å². The number of carboxylic acid groups (broad SMARTS) is 2. The monoisotopic (exact) mass is 693 g/mol. The molecule has 1 aliphatic heterocycles. The van der Waals surface area contributed by atoms with Gasteiger partial charge >= 0.3 is 11.9 Å². The van der Waals surface area contributed by atoms with Crippen LogP contribution in [0.4, 0.5) is 5.69 Å². The number of para-hydroxylation sites is 2. The first kappa shape index (κ1) is 43.0. The highest BCUT2D eigenvalue weighted by atomic mass is 16.5. The van der Waals surface area contributed by atoms with Gasteiger partial charge in [0.2, 0.25) is 17.7 Å². The number of carbonyl (C=O) groups excluding carboxylic acids is 3. The summed E-state index contributed by atoms with van der Waals surface area (Å²) < 4.78 is 11.1. The number of carboxylic acids is 2. The van der Waals surface area contributed by atoms with E-state index in [9.17, 15) is 29.1 Å². The van der Waals surface area contributed by atoms with E-state index in [1.807, 2.05) is 56.9 Å². The maximum absolute atomic E-state index is 13.7. The Balaban J connectivity index is 0.00000133. The van der Waals surface area contributed by atoms with Crippen molar-refractivity contribution < 1.29 is 48.8 Å². The summed E-state index contributed by atoms with van der Waals surface area (Å²) in [6.07, 6.45) is 1.04. The fraction of sp³-hybridized carbons (Fsp3) is 0.618. The van der Waals surface area contributed by atoms with Crippen molar-refractivity contribution in [1.82, 2.24) is 10.2 Å². The molecular formula is C34H55N5O10. The quantitative estimate of drug-likeness (QED) is 0.0941. The van der Waals surface area contributed by atoms with Gasteiger partial charge in [-0.3, -0.25) is 19.3 Å². The summed E-state index contributed by atoms with van der Waals surface area (Å²) in [5, 5.41) is 29.5. The second-order valence-electron chi connectivity index (χ2n) is 13.4. The van der Waals surface area contributed by atoms with Crippen LogP contribution in [-0.2, 0) is 28.7 Å². The third-order valence-corrected chi connectivity index (χ3v) is 8.36. The standard InChI is InChI=1S/C30H51N5O6.C4H4O4/c1-20(2)21(26(37)33-19-29(3,4)27(32)38)17-24(36)22(31)18-34-13-14-35(28(39)30(34,5)6)23-11-8-9-12-25(23)41-16-10-15-40-7;5-3(6)1-2-4(7)8/h8-9,11-12,20-22,24,36H,10,13-19,31H2,1-7H3,(H2,32,38)(H,33,37);1-2H,(H,5,6)(H,7,8)/b;2-1+. The first-order chi connectivity index (χ1) is 22.8. The van der Waals surface area contributed by atoms with E-state index in [2.05, 4.69) is 5.32 Å². The first-order valence-electron chi connectivity index (χ1n) is 16.2. The number of anilines is 1. The molecule has 0 spiro atoms. The third-order valence-electron chi connectivity index (χ3n) is 8.36. The van der Waals surface area contributed by atoms with Crippen LogP contribution in [0.3, 0.4) is 0 Å². The molecule has 15 heteroatoms. The van der Waals surface area contributed by atoms with E-state index in [0.717, 1.165) is 12.1 Å². The van der Waals surface area contributed by atoms with E-state index < -0.39 is 46.9 Å². The number of carbonyl (C=O) groups is 5. The van der Waals surface area contributed by atoms with Gasteiger partial charge in [-0.05, 0) is 52.2 Å². The van der Waals surface area contributed by atoms with Crippen LogP contribution in [0.2, 0.25) is 0 Å². The molecule has 3 atom stereocenters. The van der Waals surface area contributed by atoms with Gasteiger partial charge in [-0.25, -0.2) is 9.59 Å². The summed E-state index contributed by atoms with van der Waals surface area (Å²) in [6.45, 7) is 13.3. The van der Waals surface area contributed by atoms with Crippen molar-refractivity contribution in [2.45, 2.75) is 72.1 Å². The van der Waals surface area contributed by atoms with Gasteiger partial charge in [-0.2, -0.15) is 0 Å². The molecule has 1 fully saturated rings. The number of nitrogens with two attached hydrogens (primary N) is 2. The molecule has 15 nitrogen and oxygen atoms in total. The molecule has 1 saturated heterocycles. The summed E-state index contributed by atoms with van der Waals surface area (Å²) in [7, 11) is 1.65. The number of rotatable bonds is 18. The number of primary amides is 1. The molecule has 0 aromatic heterocycles. The normalized spacial score (nSPS) is 16.8. The van der Waals surface area contributed by atoms with Crippen molar-refractivity contribution in [2.75, 3.05) is 51.4 Å². The highest BCUT2D eigenvalue weighted by Gasteiger charge is 2.44. The van der Waals surface area contributed by atoms with Crippen molar-refractivity contribution in [2.24, 2.45) is 28.7 Å². The summed E-state index contributed by atoms with van der Waals surface area (Å²) >= 11 is 0. The Morgan fingerprint density at radius 2 is 1.65 bits per heavy atom. The molecule has 8 N–H and O–H groups in total. The van der Waals surface area contributed by atoms with Crippen LogP contribution in [0, 0.1) is 17.3 Å². The van der Waals surface area contributed by atoms with Gasteiger partial charge in [0.25, 0.3) is 0 Å². The molecule has 1 heterocycles. The molecule has 1 aromatic carbocycles. The average molecular weight is 694 g/mol. The number of aliphatic hydroxyl groups is 1. The molecule has 0 aliphatic carbocycles. The predicted octanol–water partition coefficient (Wildman–Crippen LogP) is 1.22. The summed E-state index contributed by atoms with van der Waals surface area (Å²) in [5.74, 6) is -3.29. The Morgan fingerprint density at radius 3 is 2.18 bits per heavy atom. The van der Waals surface area contributed by atoms with Crippen LogP contribution in [0.25, 0.3) is 0 Å². The number of hydrogen-bond acceptors (Lipinski definition) is 10. The number of nitrogens with zero attached hydrogens (tertiary/aromatic N) is 2. The van der Waals surface area contributed by atoms with Gasteiger partial charge in [0.1, 0.15) is 5.75 Å².